The lowest BCUT2D eigenvalue weighted by Crippen LogP contribution is -2.25. The smallest absolute Gasteiger partial charge is 0.316 e. The third kappa shape index (κ3) is 3.35. The molecule has 0 amide bonds. The van der Waals surface area contributed by atoms with E-state index < -0.39 is 11.9 Å². The van der Waals surface area contributed by atoms with Crippen LogP contribution < -0.4 is 0 Å². The number of Topliss-reactive ketones (excluding diaryl/α,β-unsaturated/α-hetero) is 1. The zero-order valence-corrected chi connectivity index (χ0v) is 9.95. The quantitative estimate of drug-likeness (QED) is 0.599. The molecule has 0 aliphatic heterocycles. The van der Waals surface area contributed by atoms with Gasteiger partial charge in [-0.2, -0.15) is 0 Å². The highest BCUT2D eigenvalue weighted by Gasteiger charge is 2.24. The summed E-state index contributed by atoms with van der Waals surface area (Å²) in [5, 5.41) is 0.588. The van der Waals surface area contributed by atoms with Gasteiger partial charge in [0, 0.05) is 5.02 Å². The molecule has 0 radical (unpaired) electrons. The highest BCUT2D eigenvalue weighted by molar-refractivity contribution is 6.30. The van der Waals surface area contributed by atoms with Gasteiger partial charge in [-0.25, -0.2) is 0 Å². The number of ether oxygens (including phenoxy) is 1. The number of rotatable bonds is 4. The summed E-state index contributed by atoms with van der Waals surface area (Å²) in [5.41, 5.74) is 0.845. The van der Waals surface area contributed by atoms with Crippen LogP contribution in [0.5, 0.6) is 0 Å². The van der Waals surface area contributed by atoms with Gasteiger partial charge < -0.3 is 4.74 Å². The van der Waals surface area contributed by atoms with Crippen molar-refractivity contribution < 1.29 is 14.3 Å². The lowest BCUT2D eigenvalue weighted by atomic mass is 9.96. The Morgan fingerprint density at radius 2 is 2.12 bits per heavy atom. The van der Waals surface area contributed by atoms with Crippen molar-refractivity contribution in [3.05, 3.63) is 34.9 Å². The first-order chi connectivity index (χ1) is 7.54. The lowest BCUT2D eigenvalue weighted by molar-refractivity contribution is -0.148. The molecule has 1 atom stereocenters. The maximum Gasteiger partial charge on any atom is 0.316 e. The van der Waals surface area contributed by atoms with E-state index in [0.717, 1.165) is 5.56 Å². The molecule has 0 aromatic heterocycles. The predicted octanol–water partition coefficient (Wildman–Crippen LogP) is 2.26. The minimum absolute atomic E-state index is 0.202. The molecule has 0 bridgehead atoms. The molecule has 0 spiro atoms. The van der Waals surface area contributed by atoms with E-state index in [9.17, 15) is 9.59 Å². The van der Waals surface area contributed by atoms with Gasteiger partial charge in [-0.3, -0.25) is 9.59 Å². The summed E-state index contributed by atoms with van der Waals surface area (Å²) in [6, 6.07) is 7.09. The number of carbonyl (C=O) groups is 2. The normalized spacial score (nSPS) is 11.9. The standard InChI is InChI=1S/C12H13ClO3/c1-8(14)11(12(15)16-2)7-9-4-3-5-10(13)6-9/h3-6,11H,7H2,1-2H3/t11-/m0/s1. The Bertz CT molecular complexity index is 401. The van der Waals surface area contributed by atoms with Crippen molar-refractivity contribution in [1.82, 2.24) is 0 Å². The van der Waals surface area contributed by atoms with E-state index in [0.29, 0.717) is 11.4 Å². The van der Waals surface area contributed by atoms with Gasteiger partial charge in [-0.1, -0.05) is 23.7 Å². The Morgan fingerprint density at radius 1 is 1.44 bits per heavy atom. The van der Waals surface area contributed by atoms with Crippen LogP contribution in [0.2, 0.25) is 5.02 Å². The molecule has 1 aromatic carbocycles. The number of methoxy groups -OCH3 is 1. The molecular weight excluding hydrogens is 228 g/mol. The van der Waals surface area contributed by atoms with Gasteiger partial charge in [0.25, 0.3) is 0 Å². The van der Waals surface area contributed by atoms with Crippen molar-refractivity contribution >= 4 is 23.4 Å². The van der Waals surface area contributed by atoms with Crippen molar-refractivity contribution in [3.63, 3.8) is 0 Å². The van der Waals surface area contributed by atoms with Crippen LogP contribution in [0.4, 0.5) is 0 Å². The van der Waals surface area contributed by atoms with Crippen molar-refractivity contribution in [2.75, 3.05) is 7.11 Å². The molecule has 1 rings (SSSR count). The molecule has 1 aromatic rings. The zero-order chi connectivity index (χ0) is 12.1. The van der Waals surface area contributed by atoms with Gasteiger partial charge in [-0.15, -0.1) is 0 Å². The van der Waals surface area contributed by atoms with Gasteiger partial charge in [0.05, 0.1) is 7.11 Å². The minimum atomic E-state index is -0.747. The highest BCUT2D eigenvalue weighted by Crippen LogP contribution is 2.16. The van der Waals surface area contributed by atoms with Crippen LogP contribution in [-0.2, 0) is 20.7 Å². The van der Waals surface area contributed by atoms with E-state index >= 15 is 0 Å². The number of carbonyl (C=O) groups excluding carboxylic acids is 2. The first-order valence-electron chi connectivity index (χ1n) is 4.87. The molecule has 0 N–H and O–H groups in total. The fourth-order valence-electron chi connectivity index (χ4n) is 1.43. The SMILES string of the molecule is COC(=O)[C@@H](Cc1cccc(Cl)c1)C(C)=O. The second-order valence-corrected chi connectivity index (χ2v) is 3.96. The highest BCUT2D eigenvalue weighted by atomic mass is 35.5. The summed E-state index contributed by atoms with van der Waals surface area (Å²) in [6.07, 6.45) is 0.322. The number of esters is 1. The average molecular weight is 241 g/mol. The van der Waals surface area contributed by atoms with Crippen LogP contribution in [0.1, 0.15) is 12.5 Å². The maximum atomic E-state index is 11.4. The molecule has 0 saturated carbocycles. The van der Waals surface area contributed by atoms with Crippen LogP contribution in [0.15, 0.2) is 24.3 Å². The van der Waals surface area contributed by atoms with Crippen molar-refractivity contribution in [2.24, 2.45) is 5.92 Å². The monoisotopic (exact) mass is 240 g/mol. The van der Waals surface area contributed by atoms with Gasteiger partial charge in [0.15, 0.2) is 0 Å². The van der Waals surface area contributed by atoms with Gasteiger partial charge >= 0.3 is 5.97 Å². The third-order valence-electron chi connectivity index (χ3n) is 2.31. The molecule has 16 heavy (non-hydrogen) atoms. The van der Waals surface area contributed by atoms with Gasteiger partial charge in [-0.05, 0) is 31.0 Å². The van der Waals surface area contributed by atoms with E-state index in [1.807, 2.05) is 6.07 Å². The first kappa shape index (κ1) is 12.7. The Kier molecular flexibility index (Phi) is 4.50. The molecule has 0 aliphatic carbocycles. The second-order valence-electron chi connectivity index (χ2n) is 3.52. The van der Waals surface area contributed by atoms with Crippen LogP contribution in [0.25, 0.3) is 0 Å². The first-order valence-corrected chi connectivity index (χ1v) is 5.25. The van der Waals surface area contributed by atoms with Gasteiger partial charge in [0.2, 0.25) is 0 Å². The number of benzene rings is 1. The molecule has 0 aliphatic rings. The summed E-state index contributed by atoms with van der Waals surface area (Å²) in [6.45, 7) is 1.38. The molecule has 0 unspecified atom stereocenters. The van der Waals surface area contributed by atoms with Crippen LogP contribution >= 0.6 is 11.6 Å². The summed E-state index contributed by atoms with van der Waals surface area (Å²) in [5.74, 6) is -1.46. The van der Waals surface area contributed by atoms with E-state index in [4.69, 9.17) is 11.6 Å². The van der Waals surface area contributed by atoms with Crippen LogP contribution in [-0.4, -0.2) is 18.9 Å². The number of ketones is 1. The average Bonchev–Trinajstić information content (AvgIpc) is 2.24. The fourth-order valence-corrected chi connectivity index (χ4v) is 1.65. The number of halogens is 1. The lowest BCUT2D eigenvalue weighted by Gasteiger charge is -2.11. The summed E-state index contributed by atoms with van der Waals surface area (Å²) < 4.78 is 4.58. The Balaban J connectivity index is 2.84. The molecule has 3 nitrogen and oxygen atoms in total. The van der Waals surface area contributed by atoms with Gasteiger partial charge in [0.1, 0.15) is 11.7 Å². The number of hydrogen-bond donors (Lipinski definition) is 0. The van der Waals surface area contributed by atoms with Crippen molar-refractivity contribution in [2.45, 2.75) is 13.3 Å². The van der Waals surface area contributed by atoms with Crippen molar-refractivity contribution in [3.8, 4) is 0 Å². The summed E-state index contributed by atoms with van der Waals surface area (Å²) in [7, 11) is 1.27. The Morgan fingerprint density at radius 3 is 2.62 bits per heavy atom. The molecule has 0 saturated heterocycles. The van der Waals surface area contributed by atoms with Crippen LogP contribution in [0, 0.1) is 5.92 Å². The number of hydrogen-bond acceptors (Lipinski definition) is 3. The third-order valence-corrected chi connectivity index (χ3v) is 2.54. The van der Waals surface area contributed by atoms with E-state index in [-0.39, 0.29) is 5.78 Å². The molecule has 4 heteroatoms. The topological polar surface area (TPSA) is 43.4 Å². The maximum absolute atomic E-state index is 11.4. The largest absolute Gasteiger partial charge is 0.468 e. The summed E-state index contributed by atoms with van der Waals surface area (Å²) in [4.78, 5) is 22.7. The van der Waals surface area contributed by atoms with E-state index in [1.54, 1.807) is 18.2 Å². The molecule has 86 valence electrons. The Labute approximate surface area is 99.4 Å². The fraction of sp³-hybridized carbons (Fsp3) is 0.333. The predicted molar refractivity (Wildman–Crippen MR) is 61.3 cm³/mol. The summed E-state index contributed by atoms with van der Waals surface area (Å²) >= 11 is 5.82. The van der Waals surface area contributed by atoms with E-state index in [2.05, 4.69) is 4.74 Å². The van der Waals surface area contributed by atoms with E-state index in [1.165, 1.54) is 14.0 Å². The van der Waals surface area contributed by atoms with Crippen molar-refractivity contribution in [1.29, 1.82) is 0 Å². The minimum Gasteiger partial charge on any atom is -0.468 e. The Hall–Kier alpha value is -1.35. The molecular formula is C12H13ClO3. The molecule has 0 heterocycles. The second kappa shape index (κ2) is 5.66. The molecule has 0 fully saturated rings. The van der Waals surface area contributed by atoms with Crippen LogP contribution in [0.3, 0.4) is 0 Å². The zero-order valence-electron chi connectivity index (χ0n) is 9.20.